The summed E-state index contributed by atoms with van der Waals surface area (Å²) in [6.45, 7) is 3.45. The van der Waals surface area contributed by atoms with Gasteiger partial charge in [0.2, 0.25) is 0 Å². The van der Waals surface area contributed by atoms with Crippen molar-refractivity contribution in [3.05, 3.63) is 34.3 Å². The monoisotopic (exact) mass is 292 g/mol. The van der Waals surface area contributed by atoms with Crippen LogP contribution in [0.3, 0.4) is 0 Å². The highest BCUT2D eigenvalue weighted by Gasteiger charge is 2.31. The van der Waals surface area contributed by atoms with Gasteiger partial charge in [0.25, 0.3) is 0 Å². The Balaban J connectivity index is 1.85. The lowest BCUT2D eigenvalue weighted by Gasteiger charge is -2.35. The molecule has 1 fully saturated rings. The molecular formula is C16H21ClN2O. The molecule has 0 spiro atoms. The van der Waals surface area contributed by atoms with Gasteiger partial charge in [-0.15, -0.1) is 0 Å². The van der Waals surface area contributed by atoms with E-state index in [4.69, 9.17) is 16.9 Å². The number of halogens is 1. The highest BCUT2D eigenvalue weighted by molar-refractivity contribution is 6.31. The van der Waals surface area contributed by atoms with Crippen LogP contribution in [0.2, 0.25) is 5.02 Å². The number of benzene rings is 1. The van der Waals surface area contributed by atoms with Crippen LogP contribution < -0.4 is 5.32 Å². The van der Waals surface area contributed by atoms with Gasteiger partial charge < -0.3 is 10.4 Å². The fourth-order valence-electron chi connectivity index (χ4n) is 2.67. The van der Waals surface area contributed by atoms with Crippen molar-refractivity contribution >= 4 is 11.6 Å². The number of nitrogens with one attached hydrogen (secondary N) is 1. The van der Waals surface area contributed by atoms with E-state index in [0.29, 0.717) is 23.7 Å². The maximum Gasteiger partial charge on any atom is 0.0992 e. The molecule has 3 nitrogen and oxygen atoms in total. The summed E-state index contributed by atoms with van der Waals surface area (Å²) in [6.07, 6.45) is 3.91. The van der Waals surface area contributed by atoms with E-state index in [0.717, 1.165) is 37.2 Å². The van der Waals surface area contributed by atoms with E-state index in [9.17, 15) is 5.11 Å². The smallest absolute Gasteiger partial charge is 0.0992 e. The zero-order valence-electron chi connectivity index (χ0n) is 11.8. The molecule has 0 saturated heterocycles. The van der Waals surface area contributed by atoms with Gasteiger partial charge in [-0.25, -0.2) is 0 Å². The molecule has 0 atom stereocenters. The minimum atomic E-state index is -0.578. The molecule has 1 aromatic rings. The van der Waals surface area contributed by atoms with Crippen LogP contribution in [-0.4, -0.2) is 17.3 Å². The Morgan fingerprint density at radius 1 is 1.45 bits per heavy atom. The lowest BCUT2D eigenvalue weighted by atomic mass is 9.79. The Morgan fingerprint density at radius 3 is 2.75 bits per heavy atom. The first kappa shape index (κ1) is 15.3. The molecule has 1 aromatic carbocycles. The normalized spacial score (nSPS) is 26.2. The summed E-state index contributed by atoms with van der Waals surface area (Å²) < 4.78 is 0. The van der Waals surface area contributed by atoms with Gasteiger partial charge in [-0.05, 0) is 49.3 Å². The van der Waals surface area contributed by atoms with Crippen molar-refractivity contribution in [2.45, 2.75) is 44.8 Å². The third kappa shape index (κ3) is 3.96. The predicted molar refractivity (Wildman–Crippen MR) is 80.5 cm³/mol. The Hall–Kier alpha value is -1.08. The maximum absolute atomic E-state index is 10.5. The lowest BCUT2D eigenvalue weighted by Crippen LogP contribution is -2.43. The van der Waals surface area contributed by atoms with Gasteiger partial charge in [0, 0.05) is 18.1 Å². The van der Waals surface area contributed by atoms with Crippen LogP contribution in [0.15, 0.2) is 18.2 Å². The lowest BCUT2D eigenvalue weighted by molar-refractivity contribution is -0.00630. The standard InChI is InChI=1S/C16H21ClN2O/c1-12-4-6-16(20,7-5-12)11-19-10-14-3-2-13(9-18)8-15(14)17/h2-3,8,12,19-20H,4-7,10-11H2,1H3. The van der Waals surface area contributed by atoms with Crippen LogP contribution in [0.1, 0.15) is 43.7 Å². The van der Waals surface area contributed by atoms with E-state index in [1.807, 2.05) is 6.07 Å². The molecule has 0 radical (unpaired) electrons. The van der Waals surface area contributed by atoms with Crippen LogP contribution in [-0.2, 0) is 6.54 Å². The van der Waals surface area contributed by atoms with Crippen LogP contribution in [0.4, 0.5) is 0 Å². The predicted octanol–water partition coefficient (Wildman–Crippen LogP) is 3.24. The van der Waals surface area contributed by atoms with Gasteiger partial charge in [-0.2, -0.15) is 5.26 Å². The first-order valence-electron chi connectivity index (χ1n) is 7.14. The van der Waals surface area contributed by atoms with Crippen LogP contribution in [0, 0.1) is 17.2 Å². The number of rotatable bonds is 4. The van der Waals surface area contributed by atoms with E-state index in [-0.39, 0.29) is 0 Å². The molecule has 0 heterocycles. The van der Waals surface area contributed by atoms with Gasteiger partial charge >= 0.3 is 0 Å². The number of hydrogen-bond donors (Lipinski definition) is 2. The van der Waals surface area contributed by atoms with Gasteiger partial charge in [0.1, 0.15) is 0 Å². The fourth-order valence-corrected chi connectivity index (χ4v) is 2.91. The Labute approximate surface area is 125 Å². The van der Waals surface area contributed by atoms with E-state index in [1.165, 1.54) is 0 Å². The summed E-state index contributed by atoms with van der Waals surface area (Å²) in [7, 11) is 0. The Kier molecular flexibility index (Phi) is 5.04. The summed E-state index contributed by atoms with van der Waals surface area (Å²) in [6, 6.07) is 7.37. The average molecular weight is 293 g/mol. The van der Waals surface area contributed by atoms with Crippen molar-refractivity contribution in [3.8, 4) is 6.07 Å². The van der Waals surface area contributed by atoms with E-state index in [1.54, 1.807) is 12.1 Å². The average Bonchev–Trinajstić information content (AvgIpc) is 2.44. The van der Waals surface area contributed by atoms with Crippen LogP contribution >= 0.6 is 11.6 Å². The first-order chi connectivity index (χ1) is 9.52. The van der Waals surface area contributed by atoms with Crippen molar-refractivity contribution < 1.29 is 5.11 Å². The molecule has 2 rings (SSSR count). The number of hydrogen-bond acceptors (Lipinski definition) is 3. The van der Waals surface area contributed by atoms with Crippen molar-refractivity contribution in [1.29, 1.82) is 5.26 Å². The summed E-state index contributed by atoms with van der Waals surface area (Å²) >= 11 is 6.13. The van der Waals surface area contributed by atoms with E-state index in [2.05, 4.69) is 18.3 Å². The molecule has 0 unspecified atom stereocenters. The van der Waals surface area contributed by atoms with Gasteiger partial charge in [-0.1, -0.05) is 24.6 Å². The first-order valence-corrected chi connectivity index (χ1v) is 7.52. The molecule has 2 N–H and O–H groups in total. The van der Waals surface area contributed by atoms with Crippen molar-refractivity contribution in [1.82, 2.24) is 5.32 Å². The molecular weight excluding hydrogens is 272 g/mol. The minimum absolute atomic E-state index is 0.568. The number of nitrogens with zero attached hydrogens (tertiary/aromatic N) is 1. The second-order valence-electron chi connectivity index (χ2n) is 5.93. The molecule has 4 heteroatoms. The minimum Gasteiger partial charge on any atom is -0.389 e. The highest BCUT2D eigenvalue weighted by atomic mass is 35.5. The molecule has 1 aliphatic carbocycles. The van der Waals surface area contributed by atoms with Crippen molar-refractivity contribution in [2.75, 3.05) is 6.54 Å². The molecule has 0 bridgehead atoms. The molecule has 0 aromatic heterocycles. The second-order valence-corrected chi connectivity index (χ2v) is 6.34. The van der Waals surface area contributed by atoms with Gasteiger partial charge in [0.15, 0.2) is 0 Å². The topological polar surface area (TPSA) is 56.0 Å². The van der Waals surface area contributed by atoms with Crippen LogP contribution in [0.5, 0.6) is 0 Å². The van der Waals surface area contributed by atoms with Crippen LogP contribution in [0.25, 0.3) is 0 Å². The highest BCUT2D eigenvalue weighted by Crippen LogP contribution is 2.31. The molecule has 1 aliphatic rings. The second kappa shape index (κ2) is 6.58. The molecule has 0 aliphatic heterocycles. The third-order valence-corrected chi connectivity index (χ3v) is 4.51. The summed E-state index contributed by atoms with van der Waals surface area (Å²) in [4.78, 5) is 0. The number of nitriles is 1. The van der Waals surface area contributed by atoms with E-state index < -0.39 is 5.60 Å². The van der Waals surface area contributed by atoms with Gasteiger partial charge in [-0.3, -0.25) is 0 Å². The Bertz CT molecular complexity index is 502. The van der Waals surface area contributed by atoms with E-state index >= 15 is 0 Å². The van der Waals surface area contributed by atoms with Gasteiger partial charge in [0.05, 0.1) is 17.2 Å². The summed E-state index contributed by atoms with van der Waals surface area (Å²) in [5.74, 6) is 0.725. The number of aliphatic hydroxyl groups is 1. The fraction of sp³-hybridized carbons (Fsp3) is 0.562. The molecule has 108 valence electrons. The maximum atomic E-state index is 10.5. The Morgan fingerprint density at radius 2 is 2.15 bits per heavy atom. The largest absolute Gasteiger partial charge is 0.389 e. The SMILES string of the molecule is CC1CCC(O)(CNCc2ccc(C#N)cc2Cl)CC1. The zero-order valence-corrected chi connectivity index (χ0v) is 12.6. The van der Waals surface area contributed by atoms with Crippen molar-refractivity contribution in [2.24, 2.45) is 5.92 Å². The molecule has 20 heavy (non-hydrogen) atoms. The van der Waals surface area contributed by atoms with Crippen molar-refractivity contribution in [3.63, 3.8) is 0 Å². The summed E-state index contributed by atoms with van der Waals surface area (Å²) in [5, 5.41) is 23.2. The zero-order chi connectivity index (χ0) is 14.6. The molecule has 1 saturated carbocycles. The third-order valence-electron chi connectivity index (χ3n) is 4.16. The summed E-state index contributed by atoms with van der Waals surface area (Å²) in [5.41, 5.74) is 0.947. The molecule has 0 amide bonds. The quantitative estimate of drug-likeness (QED) is 0.896.